The van der Waals surface area contributed by atoms with E-state index in [1.165, 1.54) is 21.1 Å². The molecule has 0 saturated carbocycles. The summed E-state index contributed by atoms with van der Waals surface area (Å²) in [4.78, 5) is 37.3. The molecule has 8 heteroatoms. The molecule has 0 heterocycles. The average Bonchev–Trinajstić information content (AvgIpc) is 2.22. The van der Waals surface area contributed by atoms with E-state index in [0.29, 0.717) is 4.90 Å². The van der Waals surface area contributed by atoms with Crippen LogP contribution in [0.4, 0.5) is 14.4 Å². The van der Waals surface area contributed by atoms with Gasteiger partial charge in [0.25, 0.3) is 0 Å². The Morgan fingerprint density at radius 1 is 1.14 bits per heavy atom. The molecule has 0 saturated heterocycles. The van der Waals surface area contributed by atoms with Crippen molar-refractivity contribution in [1.29, 1.82) is 0 Å². The summed E-state index contributed by atoms with van der Waals surface area (Å²) in [5.74, 6) is 0. The van der Waals surface area contributed by atoms with Crippen LogP contribution in [0, 0.1) is 0 Å². The zero-order valence-electron chi connectivity index (χ0n) is 8.08. The molecule has 0 bridgehead atoms. The van der Waals surface area contributed by atoms with E-state index >= 15 is 0 Å². The van der Waals surface area contributed by atoms with E-state index in [0.717, 1.165) is 0 Å². The van der Waals surface area contributed by atoms with Crippen LogP contribution in [0.25, 0.3) is 0 Å². The van der Waals surface area contributed by atoms with Crippen LogP contribution in [-0.4, -0.2) is 44.2 Å². The van der Waals surface area contributed by atoms with Crippen molar-refractivity contribution in [2.24, 2.45) is 0 Å². The highest BCUT2D eigenvalue weighted by molar-refractivity contribution is 5.90. The van der Waals surface area contributed by atoms with E-state index in [4.69, 9.17) is 0 Å². The van der Waals surface area contributed by atoms with Crippen LogP contribution in [0.3, 0.4) is 0 Å². The fraction of sp³-hybridized carbons (Fsp3) is 0.500. The SMILES string of the molecule is CNC(=O)NOC(=O)N(C)C(=O)NC. The Hall–Kier alpha value is -1.99. The zero-order chi connectivity index (χ0) is 11.1. The molecule has 0 aromatic heterocycles. The Kier molecular flexibility index (Phi) is 4.82. The maximum atomic E-state index is 11.0. The third-order valence-corrected chi connectivity index (χ3v) is 1.25. The lowest BCUT2D eigenvalue weighted by Gasteiger charge is -2.13. The Labute approximate surface area is 80.5 Å². The maximum absolute atomic E-state index is 11.0. The highest BCUT2D eigenvalue weighted by atomic mass is 16.7. The highest BCUT2D eigenvalue weighted by Crippen LogP contribution is 1.88. The van der Waals surface area contributed by atoms with Gasteiger partial charge in [0.15, 0.2) is 0 Å². The van der Waals surface area contributed by atoms with Crippen LogP contribution in [0.2, 0.25) is 0 Å². The Morgan fingerprint density at radius 3 is 2.14 bits per heavy atom. The second kappa shape index (κ2) is 5.62. The molecule has 3 N–H and O–H groups in total. The fourth-order valence-corrected chi connectivity index (χ4v) is 0.460. The molecule has 0 aliphatic rings. The van der Waals surface area contributed by atoms with Crippen LogP contribution in [-0.2, 0) is 4.84 Å². The molecular formula is C6H12N4O4. The van der Waals surface area contributed by atoms with Gasteiger partial charge in [-0.15, -0.1) is 0 Å². The number of urea groups is 2. The first kappa shape index (κ1) is 12.0. The molecule has 0 radical (unpaired) electrons. The summed E-state index contributed by atoms with van der Waals surface area (Å²) >= 11 is 0. The smallest absolute Gasteiger partial charge is 0.341 e. The number of rotatable bonds is 0. The van der Waals surface area contributed by atoms with E-state index in [2.05, 4.69) is 15.5 Å². The average molecular weight is 204 g/mol. The molecule has 5 amide bonds. The van der Waals surface area contributed by atoms with Crippen molar-refractivity contribution in [3.05, 3.63) is 0 Å². The van der Waals surface area contributed by atoms with Gasteiger partial charge in [0.1, 0.15) is 0 Å². The van der Waals surface area contributed by atoms with Gasteiger partial charge in [-0.2, -0.15) is 5.48 Å². The summed E-state index contributed by atoms with van der Waals surface area (Å²) in [5.41, 5.74) is 1.77. The quantitative estimate of drug-likeness (QED) is 0.451. The van der Waals surface area contributed by atoms with Crippen molar-refractivity contribution in [1.82, 2.24) is 21.0 Å². The van der Waals surface area contributed by atoms with E-state index in [9.17, 15) is 14.4 Å². The molecule has 0 fully saturated rings. The van der Waals surface area contributed by atoms with Crippen molar-refractivity contribution in [2.45, 2.75) is 0 Å². The lowest BCUT2D eigenvalue weighted by Crippen LogP contribution is -2.44. The minimum atomic E-state index is -0.993. The normalized spacial score (nSPS) is 8.50. The lowest BCUT2D eigenvalue weighted by molar-refractivity contribution is 0.0794. The van der Waals surface area contributed by atoms with Gasteiger partial charge in [0.05, 0.1) is 0 Å². The van der Waals surface area contributed by atoms with Crippen molar-refractivity contribution in [3.8, 4) is 0 Å². The van der Waals surface area contributed by atoms with Gasteiger partial charge in [0.2, 0.25) is 0 Å². The summed E-state index contributed by atoms with van der Waals surface area (Å²) in [6.45, 7) is 0. The van der Waals surface area contributed by atoms with Gasteiger partial charge in [-0.1, -0.05) is 0 Å². The van der Waals surface area contributed by atoms with Gasteiger partial charge >= 0.3 is 18.2 Å². The summed E-state index contributed by atoms with van der Waals surface area (Å²) in [7, 11) is 3.91. The van der Waals surface area contributed by atoms with E-state index < -0.39 is 18.2 Å². The molecule has 0 aromatic rings. The third-order valence-electron chi connectivity index (χ3n) is 1.25. The zero-order valence-corrected chi connectivity index (χ0v) is 8.08. The molecule has 0 spiro atoms. The first-order valence-corrected chi connectivity index (χ1v) is 3.67. The van der Waals surface area contributed by atoms with Gasteiger partial charge in [-0.05, 0) is 0 Å². The standard InChI is InChI=1S/C6H12N4O4/c1-7-4(11)9-14-6(13)10(3)5(12)8-2/h1-3H3,(H,8,12)(H2,7,9,11). The molecule has 0 aromatic carbocycles. The topological polar surface area (TPSA) is 99.8 Å². The molecule has 0 aliphatic heterocycles. The molecule has 0 rings (SSSR count). The predicted octanol–water partition coefficient (Wildman–Crippen LogP) is -0.762. The number of nitrogens with one attached hydrogen (secondary N) is 3. The highest BCUT2D eigenvalue weighted by Gasteiger charge is 2.17. The van der Waals surface area contributed by atoms with Crippen LogP contribution in [0.5, 0.6) is 0 Å². The first-order chi connectivity index (χ1) is 6.52. The van der Waals surface area contributed by atoms with Crippen LogP contribution >= 0.6 is 0 Å². The van der Waals surface area contributed by atoms with Gasteiger partial charge < -0.3 is 15.5 Å². The Bertz CT molecular complexity index is 242. The van der Waals surface area contributed by atoms with Crippen molar-refractivity contribution < 1.29 is 19.2 Å². The summed E-state index contributed by atoms with van der Waals surface area (Å²) < 4.78 is 0. The number of carbonyl (C=O) groups is 3. The molecule has 0 atom stereocenters. The Balaban J connectivity index is 3.96. The number of imide groups is 1. The number of carbonyl (C=O) groups excluding carboxylic acids is 3. The third kappa shape index (κ3) is 3.61. The molecule has 0 aliphatic carbocycles. The molecule has 0 unspecified atom stereocenters. The number of hydrogen-bond donors (Lipinski definition) is 3. The van der Waals surface area contributed by atoms with Crippen LogP contribution in [0.1, 0.15) is 0 Å². The molecular weight excluding hydrogens is 192 g/mol. The minimum Gasteiger partial charge on any atom is -0.341 e. The number of amides is 5. The molecule has 80 valence electrons. The van der Waals surface area contributed by atoms with Gasteiger partial charge in [0, 0.05) is 21.1 Å². The molecule has 14 heavy (non-hydrogen) atoms. The largest absolute Gasteiger partial charge is 0.442 e. The lowest BCUT2D eigenvalue weighted by atomic mass is 10.8. The number of hydrogen-bond acceptors (Lipinski definition) is 4. The summed E-state index contributed by atoms with van der Waals surface area (Å²) in [5, 5.41) is 4.36. The van der Waals surface area contributed by atoms with Crippen molar-refractivity contribution in [3.63, 3.8) is 0 Å². The Morgan fingerprint density at radius 2 is 1.71 bits per heavy atom. The fourth-order valence-electron chi connectivity index (χ4n) is 0.460. The van der Waals surface area contributed by atoms with E-state index in [1.54, 1.807) is 5.48 Å². The van der Waals surface area contributed by atoms with Crippen LogP contribution < -0.4 is 16.1 Å². The monoisotopic (exact) mass is 204 g/mol. The maximum Gasteiger partial charge on any atom is 0.442 e. The number of nitrogens with zero attached hydrogens (tertiary/aromatic N) is 1. The van der Waals surface area contributed by atoms with Crippen molar-refractivity contribution >= 4 is 18.2 Å². The summed E-state index contributed by atoms with van der Waals surface area (Å²) in [6.07, 6.45) is -0.993. The van der Waals surface area contributed by atoms with Gasteiger partial charge in [-0.25, -0.2) is 19.3 Å². The summed E-state index contributed by atoms with van der Waals surface area (Å²) in [6, 6.07) is -1.34. The second-order valence-corrected chi connectivity index (χ2v) is 2.16. The molecule has 8 nitrogen and oxygen atoms in total. The first-order valence-electron chi connectivity index (χ1n) is 3.67. The number of hydroxylamine groups is 1. The van der Waals surface area contributed by atoms with Crippen LogP contribution in [0.15, 0.2) is 0 Å². The predicted molar refractivity (Wildman–Crippen MR) is 46.3 cm³/mol. The second-order valence-electron chi connectivity index (χ2n) is 2.16. The minimum absolute atomic E-state index is 0.645. The van der Waals surface area contributed by atoms with E-state index in [-0.39, 0.29) is 0 Å². The van der Waals surface area contributed by atoms with Crippen molar-refractivity contribution in [2.75, 3.05) is 21.1 Å². The van der Waals surface area contributed by atoms with E-state index in [1.807, 2.05) is 0 Å². The van der Waals surface area contributed by atoms with Gasteiger partial charge in [-0.3, -0.25) is 0 Å².